The lowest BCUT2D eigenvalue weighted by Gasteiger charge is -2.11. The topological polar surface area (TPSA) is 62.3 Å². The number of hydrogen-bond acceptors (Lipinski definition) is 4. The van der Waals surface area contributed by atoms with E-state index >= 15 is 0 Å². The Labute approximate surface area is 108 Å². The van der Waals surface area contributed by atoms with Gasteiger partial charge in [0.1, 0.15) is 11.5 Å². The van der Waals surface area contributed by atoms with Crippen LogP contribution in [-0.2, 0) is 7.05 Å². The van der Waals surface area contributed by atoms with Crippen LogP contribution in [0, 0.1) is 0 Å². The van der Waals surface area contributed by atoms with Crippen molar-refractivity contribution in [2.24, 2.45) is 7.05 Å². The second kappa shape index (κ2) is 5.13. The van der Waals surface area contributed by atoms with Gasteiger partial charge in [0.2, 0.25) is 0 Å². The molecule has 0 saturated heterocycles. The van der Waals surface area contributed by atoms with Crippen LogP contribution in [0.2, 0.25) is 0 Å². The van der Waals surface area contributed by atoms with Gasteiger partial charge < -0.3 is 19.8 Å². The molecule has 2 rings (SSSR count). The molecular weight excluding hydrogens is 256 g/mol. The fourth-order valence-corrected chi connectivity index (χ4v) is 1.67. The molecule has 1 aromatic heterocycles. The lowest BCUT2D eigenvalue weighted by atomic mass is 10.1. The van der Waals surface area contributed by atoms with Gasteiger partial charge in [-0.05, 0) is 18.2 Å². The minimum atomic E-state index is -2.93. The molecule has 0 aliphatic carbocycles. The predicted molar refractivity (Wildman–Crippen MR) is 66.2 cm³/mol. The number of rotatable bonds is 4. The number of nitrogens with two attached hydrogens (primary N) is 1. The number of anilines is 1. The van der Waals surface area contributed by atoms with Crippen LogP contribution in [0.1, 0.15) is 0 Å². The highest BCUT2D eigenvalue weighted by atomic mass is 19.3. The number of alkyl halides is 2. The van der Waals surface area contributed by atoms with Crippen molar-refractivity contribution in [1.82, 2.24) is 9.55 Å². The summed E-state index contributed by atoms with van der Waals surface area (Å²) in [7, 11) is 3.12. The monoisotopic (exact) mass is 269 g/mol. The second-order valence-corrected chi connectivity index (χ2v) is 3.83. The van der Waals surface area contributed by atoms with Crippen LogP contribution in [-0.4, -0.2) is 23.3 Å². The van der Waals surface area contributed by atoms with Crippen molar-refractivity contribution in [3.05, 3.63) is 24.5 Å². The van der Waals surface area contributed by atoms with E-state index in [-0.39, 0.29) is 11.5 Å². The first kappa shape index (κ1) is 13.1. The van der Waals surface area contributed by atoms with Crippen molar-refractivity contribution >= 4 is 5.82 Å². The highest BCUT2D eigenvalue weighted by Crippen LogP contribution is 2.34. The third-order valence-electron chi connectivity index (χ3n) is 2.64. The molecule has 2 aromatic rings. The van der Waals surface area contributed by atoms with Crippen LogP contribution in [0.3, 0.4) is 0 Å². The Balaban J connectivity index is 2.45. The Bertz CT molecular complexity index is 584. The standard InChI is InChI=1S/C12H13F2N3O2/c1-17-6-16-10(11(17)15)7-3-4-8(18-2)9(5-7)19-12(13)14/h3-6,12H,15H2,1-2H3. The molecule has 2 N–H and O–H groups in total. The molecule has 0 atom stereocenters. The van der Waals surface area contributed by atoms with Crippen molar-refractivity contribution in [2.45, 2.75) is 6.61 Å². The number of hydrogen-bond donors (Lipinski definition) is 1. The van der Waals surface area contributed by atoms with Crippen molar-refractivity contribution in [2.75, 3.05) is 12.8 Å². The van der Waals surface area contributed by atoms with E-state index in [0.29, 0.717) is 17.1 Å². The quantitative estimate of drug-likeness (QED) is 0.925. The van der Waals surface area contributed by atoms with Gasteiger partial charge in [0.15, 0.2) is 11.5 Å². The van der Waals surface area contributed by atoms with Crippen LogP contribution < -0.4 is 15.2 Å². The molecule has 0 aliphatic rings. The average molecular weight is 269 g/mol. The maximum Gasteiger partial charge on any atom is 0.387 e. The van der Waals surface area contributed by atoms with E-state index in [1.807, 2.05) is 0 Å². The van der Waals surface area contributed by atoms with Gasteiger partial charge in [-0.15, -0.1) is 0 Å². The zero-order valence-electron chi connectivity index (χ0n) is 10.4. The van der Waals surface area contributed by atoms with E-state index < -0.39 is 6.61 Å². The van der Waals surface area contributed by atoms with Gasteiger partial charge in [-0.25, -0.2) is 4.98 Å². The molecule has 102 valence electrons. The molecule has 0 radical (unpaired) electrons. The van der Waals surface area contributed by atoms with Crippen molar-refractivity contribution in [1.29, 1.82) is 0 Å². The zero-order valence-corrected chi connectivity index (χ0v) is 10.4. The van der Waals surface area contributed by atoms with E-state index in [1.165, 1.54) is 19.2 Å². The molecule has 0 aliphatic heterocycles. The Morgan fingerprint density at radius 3 is 2.58 bits per heavy atom. The number of benzene rings is 1. The second-order valence-electron chi connectivity index (χ2n) is 3.83. The number of methoxy groups -OCH3 is 1. The lowest BCUT2D eigenvalue weighted by molar-refractivity contribution is -0.0511. The number of imidazole rings is 1. The third kappa shape index (κ3) is 2.59. The molecule has 19 heavy (non-hydrogen) atoms. The summed E-state index contributed by atoms with van der Waals surface area (Å²) in [6.07, 6.45) is 1.54. The summed E-state index contributed by atoms with van der Waals surface area (Å²) in [4.78, 5) is 4.12. The highest BCUT2D eigenvalue weighted by Gasteiger charge is 2.14. The largest absolute Gasteiger partial charge is 0.493 e. The Morgan fingerprint density at radius 1 is 1.32 bits per heavy atom. The first-order valence-electron chi connectivity index (χ1n) is 5.43. The van der Waals surface area contributed by atoms with Crippen LogP contribution in [0.15, 0.2) is 24.5 Å². The minimum Gasteiger partial charge on any atom is -0.493 e. The maximum atomic E-state index is 12.3. The number of nitrogen functional groups attached to an aromatic ring is 1. The van der Waals surface area contributed by atoms with E-state index in [9.17, 15) is 8.78 Å². The fourth-order valence-electron chi connectivity index (χ4n) is 1.67. The van der Waals surface area contributed by atoms with Gasteiger partial charge >= 0.3 is 6.61 Å². The van der Waals surface area contributed by atoms with Gasteiger partial charge in [-0.2, -0.15) is 8.78 Å². The fraction of sp³-hybridized carbons (Fsp3) is 0.250. The molecule has 5 nitrogen and oxygen atoms in total. The highest BCUT2D eigenvalue weighted by molar-refractivity contribution is 5.72. The van der Waals surface area contributed by atoms with E-state index in [1.54, 1.807) is 24.0 Å². The molecule has 0 fully saturated rings. The van der Waals surface area contributed by atoms with E-state index in [4.69, 9.17) is 10.5 Å². The Kier molecular flexibility index (Phi) is 3.55. The molecule has 7 heteroatoms. The molecule has 1 aromatic carbocycles. The maximum absolute atomic E-state index is 12.3. The van der Waals surface area contributed by atoms with Crippen LogP contribution in [0.4, 0.5) is 14.6 Å². The minimum absolute atomic E-state index is 0.0555. The first-order valence-corrected chi connectivity index (χ1v) is 5.43. The summed E-state index contributed by atoms with van der Waals surface area (Å²) in [5.74, 6) is 0.603. The Morgan fingerprint density at radius 2 is 2.05 bits per heavy atom. The summed E-state index contributed by atoms with van der Waals surface area (Å²) in [5.41, 5.74) is 6.92. The number of aromatic nitrogens is 2. The van der Waals surface area contributed by atoms with Crippen LogP contribution in [0.5, 0.6) is 11.5 Å². The van der Waals surface area contributed by atoms with Gasteiger partial charge in [0, 0.05) is 12.6 Å². The van der Waals surface area contributed by atoms with Gasteiger partial charge in [-0.1, -0.05) is 0 Å². The zero-order chi connectivity index (χ0) is 14.0. The molecule has 0 unspecified atom stereocenters. The van der Waals surface area contributed by atoms with Crippen molar-refractivity contribution < 1.29 is 18.3 Å². The summed E-state index contributed by atoms with van der Waals surface area (Å²) >= 11 is 0. The molecule has 0 saturated carbocycles. The molecule has 0 amide bonds. The van der Waals surface area contributed by atoms with Crippen molar-refractivity contribution in [3.63, 3.8) is 0 Å². The summed E-state index contributed by atoms with van der Waals surface area (Å²) in [6, 6.07) is 4.63. The van der Waals surface area contributed by atoms with Crippen LogP contribution in [0.25, 0.3) is 11.3 Å². The predicted octanol–water partition coefficient (Wildman–Crippen LogP) is 2.28. The summed E-state index contributed by atoms with van der Waals surface area (Å²) in [6.45, 7) is -2.93. The number of ether oxygens (including phenoxy) is 2. The van der Waals surface area contributed by atoms with E-state index in [0.717, 1.165) is 0 Å². The normalized spacial score (nSPS) is 10.8. The van der Waals surface area contributed by atoms with Crippen LogP contribution >= 0.6 is 0 Å². The van der Waals surface area contributed by atoms with Gasteiger partial charge in [-0.3, -0.25) is 0 Å². The number of aryl methyl sites for hydroxylation is 1. The number of nitrogens with zero attached hydrogens (tertiary/aromatic N) is 2. The molecule has 0 bridgehead atoms. The van der Waals surface area contributed by atoms with Gasteiger partial charge in [0.25, 0.3) is 0 Å². The van der Waals surface area contributed by atoms with Crippen molar-refractivity contribution in [3.8, 4) is 22.8 Å². The lowest BCUT2D eigenvalue weighted by Crippen LogP contribution is -2.04. The Hall–Kier alpha value is -2.31. The van der Waals surface area contributed by atoms with Gasteiger partial charge in [0.05, 0.1) is 13.4 Å². The summed E-state index contributed by atoms with van der Waals surface area (Å²) in [5, 5.41) is 0. The first-order chi connectivity index (χ1) is 9.02. The SMILES string of the molecule is COc1ccc(-c2ncn(C)c2N)cc1OC(F)F. The third-order valence-corrected chi connectivity index (χ3v) is 2.64. The molecule has 1 heterocycles. The average Bonchev–Trinajstić information content (AvgIpc) is 2.69. The number of halogens is 2. The molecular formula is C12H13F2N3O2. The molecule has 0 spiro atoms. The summed E-state index contributed by atoms with van der Waals surface area (Å²) < 4.78 is 35.7. The smallest absolute Gasteiger partial charge is 0.387 e. The van der Waals surface area contributed by atoms with E-state index in [2.05, 4.69) is 9.72 Å².